The molecule has 0 spiro atoms. The van der Waals surface area contributed by atoms with E-state index < -0.39 is 11.0 Å². The van der Waals surface area contributed by atoms with Crippen molar-refractivity contribution in [2.24, 2.45) is 11.1 Å². The zero-order valence-corrected chi connectivity index (χ0v) is 11.0. The van der Waals surface area contributed by atoms with Crippen molar-refractivity contribution in [1.82, 2.24) is 0 Å². The van der Waals surface area contributed by atoms with Crippen LogP contribution in [0.4, 0.5) is 11.4 Å². The van der Waals surface area contributed by atoms with Gasteiger partial charge in [0.25, 0.3) is 0 Å². The first-order chi connectivity index (χ1) is 8.66. The summed E-state index contributed by atoms with van der Waals surface area (Å²) in [6.07, 6.45) is 2.16. The molecule has 1 aliphatic heterocycles. The van der Waals surface area contributed by atoms with Crippen molar-refractivity contribution < 1.29 is 8.95 Å². The van der Waals surface area contributed by atoms with Gasteiger partial charge in [0.2, 0.25) is 0 Å². The van der Waals surface area contributed by atoms with Crippen LogP contribution in [-0.2, 0) is 15.7 Å². The molecule has 18 heavy (non-hydrogen) atoms. The third-order valence-corrected chi connectivity index (χ3v) is 3.90. The quantitative estimate of drug-likeness (QED) is 0.714. The summed E-state index contributed by atoms with van der Waals surface area (Å²) in [5.74, 6) is 0.626. The molecule has 1 aromatic rings. The lowest BCUT2D eigenvalue weighted by molar-refractivity contribution is 0.0699. The number of anilines is 2. The highest BCUT2D eigenvalue weighted by atomic mass is 32.2. The van der Waals surface area contributed by atoms with Gasteiger partial charge in [-0.3, -0.25) is 0 Å². The van der Waals surface area contributed by atoms with Gasteiger partial charge in [0.15, 0.2) is 0 Å². The van der Waals surface area contributed by atoms with Crippen LogP contribution < -0.4 is 16.2 Å². The molecule has 0 aromatic heterocycles. The van der Waals surface area contributed by atoms with Crippen LogP contribution in [0, 0.1) is 5.92 Å². The molecule has 0 aliphatic carbocycles. The summed E-state index contributed by atoms with van der Waals surface area (Å²) >= 11 is 0. The fourth-order valence-corrected chi connectivity index (χ4v) is 2.48. The van der Waals surface area contributed by atoms with Crippen LogP contribution in [0.2, 0.25) is 0 Å². The van der Waals surface area contributed by atoms with E-state index in [9.17, 15) is 4.21 Å². The summed E-state index contributed by atoms with van der Waals surface area (Å²) in [7, 11) is -1.48. The molecule has 2 rings (SSSR count). The van der Waals surface area contributed by atoms with Crippen LogP contribution in [-0.4, -0.2) is 24.0 Å². The molecular formula is C12H19N3O2S. The van der Waals surface area contributed by atoms with Crippen molar-refractivity contribution in [1.29, 1.82) is 0 Å². The zero-order valence-electron chi connectivity index (χ0n) is 10.2. The van der Waals surface area contributed by atoms with E-state index in [1.54, 1.807) is 12.1 Å². The topological polar surface area (TPSA) is 90.4 Å². The summed E-state index contributed by atoms with van der Waals surface area (Å²) in [5, 5.41) is 8.63. The van der Waals surface area contributed by atoms with Crippen molar-refractivity contribution in [2.45, 2.75) is 17.7 Å². The number of hydrogen-bond acceptors (Lipinski definition) is 4. The minimum atomic E-state index is -1.48. The van der Waals surface area contributed by atoms with Crippen molar-refractivity contribution in [3.05, 3.63) is 18.2 Å². The van der Waals surface area contributed by atoms with Gasteiger partial charge in [0, 0.05) is 19.8 Å². The van der Waals surface area contributed by atoms with Gasteiger partial charge >= 0.3 is 0 Å². The number of benzene rings is 1. The lowest BCUT2D eigenvalue weighted by Gasteiger charge is -2.23. The van der Waals surface area contributed by atoms with E-state index in [0.29, 0.717) is 16.5 Å². The van der Waals surface area contributed by atoms with Gasteiger partial charge in [0.1, 0.15) is 11.0 Å². The summed E-state index contributed by atoms with van der Waals surface area (Å²) in [5.41, 5.74) is 7.35. The molecule has 0 amide bonds. The molecule has 6 heteroatoms. The molecule has 5 N–H and O–H groups in total. The lowest BCUT2D eigenvalue weighted by Crippen LogP contribution is -2.22. The highest BCUT2D eigenvalue weighted by Crippen LogP contribution is 2.22. The maximum absolute atomic E-state index is 11.1. The number of hydrogen-bond donors (Lipinski definition) is 3. The zero-order chi connectivity index (χ0) is 13.0. The van der Waals surface area contributed by atoms with Gasteiger partial charge in [-0.1, -0.05) is 0 Å². The van der Waals surface area contributed by atoms with Crippen molar-refractivity contribution in [3.8, 4) is 0 Å². The van der Waals surface area contributed by atoms with Gasteiger partial charge in [0.05, 0.1) is 16.3 Å². The third kappa shape index (κ3) is 3.44. The Bertz CT molecular complexity index is 433. The molecule has 1 fully saturated rings. The lowest BCUT2D eigenvalue weighted by atomic mass is 10.0. The summed E-state index contributed by atoms with van der Waals surface area (Å²) in [4.78, 5) is 0.545. The average molecular weight is 269 g/mol. The van der Waals surface area contributed by atoms with Crippen molar-refractivity contribution in [3.63, 3.8) is 0 Å². The van der Waals surface area contributed by atoms with E-state index >= 15 is 0 Å². The van der Waals surface area contributed by atoms with Gasteiger partial charge in [-0.05, 0) is 37.0 Å². The second-order valence-electron chi connectivity index (χ2n) is 4.48. The van der Waals surface area contributed by atoms with E-state index in [1.807, 2.05) is 6.07 Å². The standard InChI is InChI=1S/C12H19N3O2S/c13-11-7-10(18(14)16)1-2-12(11)15-8-9-3-5-17-6-4-9/h1-2,7,9,15H,3-6,8,13-14H2. The highest BCUT2D eigenvalue weighted by Gasteiger charge is 2.13. The maximum atomic E-state index is 11.1. The fraction of sp³-hybridized carbons (Fsp3) is 0.500. The molecule has 1 atom stereocenters. The van der Waals surface area contributed by atoms with Crippen LogP contribution in [0.25, 0.3) is 0 Å². The van der Waals surface area contributed by atoms with Crippen LogP contribution >= 0.6 is 0 Å². The first-order valence-corrected chi connectivity index (χ1v) is 7.25. The first kappa shape index (κ1) is 13.3. The van der Waals surface area contributed by atoms with Gasteiger partial charge < -0.3 is 15.8 Å². The number of rotatable bonds is 4. The Morgan fingerprint density at radius 2 is 2.11 bits per heavy atom. The Hall–Kier alpha value is -1.11. The minimum absolute atomic E-state index is 0.545. The Kier molecular flexibility index (Phi) is 4.57. The Morgan fingerprint density at radius 1 is 1.39 bits per heavy atom. The predicted octanol–water partition coefficient (Wildman–Crippen LogP) is 1.09. The van der Waals surface area contributed by atoms with E-state index in [-0.39, 0.29) is 0 Å². The fourth-order valence-electron chi connectivity index (χ4n) is 2.03. The number of ether oxygens (including phenoxy) is 1. The SMILES string of the molecule is Nc1cc(S(N)=O)ccc1NCC1CCOCC1. The molecule has 1 heterocycles. The molecule has 1 unspecified atom stereocenters. The largest absolute Gasteiger partial charge is 0.397 e. The van der Waals surface area contributed by atoms with E-state index in [4.69, 9.17) is 15.6 Å². The molecule has 0 radical (unpaired) electrons. The van der Waals surface area contributed by atoms with Crippen LogP contribution in [0.1, 0.15) is 12.8 Å². The van der Waals surface area contributed by atoms with Gasteiger partial charge in [-0.15, -0.1) is 0 Å². The highest BCUT2D eigenvalue weighted by molar-refractivity contribution is 7.82. The summed E-state index contributed by atoms with van der Waals surface area (Å²) < 4.78 is 16.4. The average Bonchev–Trinajstić information content (AvgIpc) is 2.38. The molecule has 1 saturated heterocycles. The number of nitrogens with one attached hydrogen (secondary N) is 1. The van der Waals surface area contributed by atoms with Crippen molar-refractivity contribution in [2.75, 3.05) is 30.8 Å². The molecule has 1 aromatic carbocycles. The minimum Gasteiger partial charge on any atom is -0.397 e. The Balaban J connectivity index is 1.94. The predicted molar refractivity (Wildman–Crippen MR) is 73.5 cm³/mol. The van der Waals surface area contributed by atoms with Crippen molar-refractivity contribution >= 4 is 22.4 Å². The Morgan fingerprint density at radius 3 is 2.72 bits per heavy atom. The van der Waals surface area contributed by atoms with Crippen LogP contribution in [0.3, 0.4) is 0 Å². The first-order valence-electron chi connectivity index (χ1n) is 6.04. The molecule has 0 saturated carbocycles. The van der Waals surface area contributed by atoms with E-state index in [0.717, 1.165) is 38.3 Å². The Labute approximate surface area is 109 Å². The smallest absolute Gasteiger partial charge is 0.122 e. The number of nitrogen functional groups attached to an aromatic ring is 1. The second-order valence-corrected chi connectivity index (χ2v) is 5.55. The van der Waals surface area contributed by atoms with E-state index in [1.165, 1.54) is 0 Å². The van der Waals surface area contributed by atoms with Gasteiger partial charge in [-0.2, -0.15) is 0 Å². The van der Waals surface area contributed by atoms with Gasteiger partial charge in [-0.25, -0.2) is 9.35 Å². The monoisotopic (exact) mass is 269 g/mol. The van der Waals surface area contributed by atoms with E-state index in [2.05, 4.69) is 5.32 Å². The summed E-state index contributed by atoms with van der Waals surface area (Å²) in [6.45, 7) is 2.57. The van der Waals surface area contributed by atoms with Crippen LogP contribution in [0.15, 0.2) is 23.1 Å². The molecule has 100 valence electrons. The maximum Gasteiger partial charge on any atom is 0.122 e. The normalized spacial score (nSPS) is 18.5. The molecule has 1 aliphatic rings. The molecule has 0 bridgehead atoms. The molecule has 5 nitrogen and oxygen atoms in total. The molecular weight excluding hydrogens is 250 g/mol. The second kappa shape index (κ2) is 6.17. The number of nitrogens with two attached hydrogens (primary N) is 2. The third-order valence-electron chi connectivity index (χ3n) is 3.18. The summed E-state index contributed by atoms with van der Waals surface area (Å²) in [6, 6.07) is 5.22. The van der Waals surface area contributed by atoms with Crippen LogP contribution in [0.5, 0.6) is 0 Å².